The van der Waals surface area contributed by atoms with Crippen LogP contribution in [-0.2, 0) is 0 Å². The summed E-state index contributed by atoms with van der Waals surface area (Å²) in [5.74, 6) is 0.105. The van der Waals surface area contributed by atoms with E-state index in [9.17, 15) is 10.2 Å². The summed E-state index contributed by atoms with van der Waals surface area (Å²) in [6.07, 6.45) is 3.41. The predicted octanol–water partition coefficient (Wildman–Crippen LogP) is 1.50. The zero-order chi connectivity index (χ0) is 10.0. The first-order chi connectivity index (χ1) is 6.07. The fourth-order valence-electron chi connectivity index (χ4n) is 1.89. The second kappa shape index (κ2) is 4.07. The van der Waals surface area contributed by atoms with Gasteiger partial charge >= 0.3 is 0 Å². The number of hydrogen-bond acceptors (Lipinski definition) is 2. The second-order valence-corrected chi connectivity index (χ2v) is 3.89. The zero-order valence-corrected chi connectivity index (χ0v) is 8.27. The molecule has 0 aromatic heterocycles. The van der Waals surface area contributed by atoms with Gasteiger partial charge in [0.2, 0.25) is 0 Å². The van der Waals surface area contributed by atoms with Crippen LogP contribution in [0.25, 0.3) is 0 Å². The Hall–Kier alpha value is -0.600. The molecule has 2 N–H and O–H groups in total. The van der Waals surface area contributed by atoms with Gasteiger partial charge in [0.1, 0.15) is 0 Å². The van der Waals surface area contributed by atoms with Gasteiger partial charge in [-0.1, -0.05) is 38.2 Å². The largest absolute Gasteiger partial charge is 0.392 e. The minimum absolute atomic E-state index is 0.0306. The van der Waals surface area contributed by atoms with E-state index in [1.165, 1.54) is 0 Å². The highest BCUT2D eigenvalue weighted by Gasteiger charge is 2.34. The molecule has 1 aliphatic rings. The molecule has 13 heavy (non-hydrogen) atoms. The third-order valence-corrected chi connectivity index (χ3v) is 3.02. The van der Waals surface area contributed by atoms with Crippen LogP contribution in [0.15, 0.2) is 24.3 Å². The van der Waals surface area contributed by atoms with Gasteiger partial charge in [-0.15, -0.1) is 0 Å². The lowest BCUT2D eigenvalue weighted by atomic mass is 9.75. The molecule has 0 aromatic rings. The van der Waals surface area contributed by atoms with Gasteiger partial charge in [-0.2, -0.15) is 0 Å². The lowest BCUT2D eigenvalue weighted by Crippen LogP contribution is -2.40. The SMILES string of the molecule is C=C/C=C1\C[C@@H](O)[C@H](C)[C@H](O)[C@@H]1C. The summed E-state index contributed by atoms with van der Waals surface area (Å²) in [6, 6.07) is 0. The zero-order valence-electron chi connectivity index (χ0n) is 8.27. The Morgan fingerprint density at radius 1 is 1.38 bits per heavy atom. The minimum atomic E-state index is -0.435. The fraction of sp³-hybridized carbons (Fsp3) is 0.636. The monoisotopic (exact) mass is 182 g/mol. The van der Waals surface area contributed by atoms with E-state index in [0.717, 1.165) is 5.57 Å². The minimum Gasteiger partial charge on any atom is -0.392 e. The molecule has 0 saturated heterocycles. The van der Waals surface area contributed by atoms with Crippen molar-refractivity contribution in [3.8, 4) is 0 Å². The van der Waals surface area contributed by atoms with Gasteiger partial charge in [-0.05, 0) is 6.42 Å². The molecule has 0 bridgehead atoms. The van der Waals surface area contributed by atoms with Crippen molar-refractivity contribution in [1.82, 2.24) is 0 Å². The van der Waals surface area contributed by atoms with Crippen LogP contribution in [0.5, 0.6) is 0 Å². The lowest BCUT2D eigenvalue weighted by Gasteiger charge is -2.36. The van der Waals surface area contributed by atoms with Crippen molar-refractivity contribution >= 4 is 0 Å². The summed E-state index contributed by atoms with van der Waals surface area (Å²) in [5, 5.41) is 19.4. The van der Waals surface area contributed by atoms with Gasteiger partial charge in [-0.25, -0.2) is 0 Å². The average molecular weight is 182 g/mol. The van der Waals surface area contributed by atoms with Crippen LogP contribution >= 0.6 is 0 Å². The molecule has 1 saturated carbocycles. The normalized spacial score (nSPS) is 43.5. The van der Waals surface area contributed by atoms with Crippen molar-refractivity contribution in [3.05, 3.63) is 24.3 Å². The second-order valence-electron chi connectivity index (χ2n) is 3.89. The van der Waals surface area contributed by atoms with Crippen LogP contribution in [0.2, 0.25) is 0 Å². The molecule has 0 aromatic carbocycles. The molecule has 0 unspecified atom stereocenters. The van der Waals surface area contributed by atoms with E-state index in [4.69, 9.17) is 0 Å². The molecule has 0 amide bonds. The Morgan fingerprint density at radius 2 is 2.00 bits per heavy atom. The van der Waals surface area contributed by atoms with Crippen LogP contribution in [0, 0.1) is 11.8 Å². The standard InChI is InChI=1S/C11H18O2/c1-4-5-9-6-10(12)8(3)11(13)7(9)2/h4-5,7-8,10-13H,1,6H2,2-3H3/b9-5+/t7-,8+,10-,11-/m1/s1. The maximum Gasteiger partial charge on any atom is 0.0653 e. The molecule has 4 atom stereocenters. The highest BCUT2D eigenvalue weighted by Crippen LogP contribution is 2.33. The van der Waals surface area contributed by atoms with E-state index in [1.807, 2.05) is 19.9 Å². The van der Waals surface area contributed by atoms with Crippen molar-refractivity contribution in [2.45, 2.75) is 32.5 Å². The van der Waals surface area contributed by atoms with E-state index in [0.29, 0.717) is 6.42 Å². The molecule has 1 aliphatic carbocycles. The molecule has 0 aliphatic heterocycles. The molecule has 1 rings (SSSR count). The quantitative estimate of drug-likeness (QED) is 0.645. The maximum absolute atomic E-state index is 9.78. The first-order valence-corrected chi connectivity index (χ1v) is 4.75. The Kier molecular flexibility index (Phi) is 3.28. The number of allylic oxidation sites excluding steroid dienone is 2. The summed E-state index contributed by atoms with van der Waals surface area (Å²) in [5.41, 5.74) is 1.09. The van der Waals surface area contributed by atoms with Gasteiger partial charge in [-0.3, -0.25) is 0 Å². The summed E-state index contributed by atoms with van der Waals surface area (Å²) in [6.45, 7) is 7.49. The average Bonchev–Trinajstić information content (AvgIpc) is 2.11. The summed E-state index contributed by atoms with van der Waals surface area (Å²) >= 11 is 0. The smallest absolute Gasteiger partial charge is 0.0653 e. The topological polar surface area (TPSA) is 40.5 Å². The van der Waals surface area contributed by atoms with Crippen LogP contribution in [-0.4, -0.2) is 22.4 Å². The van der Waals surface area contributed by atoms with Gasteiger partial charge in [0.05, 0.1) is 12.2 Å². The van der Waals surface area contributed by atoms with Crippen molar-refractivity contribution in [2.24, 2.45) is 11.8 Å². The predicted molar refractivity (Wildman–Crippen MR) is 53.2 cm³/mol. The third-order valence-electron chi connectivity index (χ3n) is 3.02. The molecule has 0 heterocycles. The number of hydrogen-bond donors (Lipinski definition) is 2. The van der Waals surface area contributed by atoms with Gasteiger partial charge in [0, 0.05) is 11.8 Å². The molecule has 2 nitrogen and oxygen atoms in total. The Balaban J connectivity index is 2.82. The molecule has 2 heteroatoms. The summed E-state index contributed by atoms with van der Waals surface area (Å²) in [4.78, 5) is 0. The van der Waals surface area contributed by atoms with Crippen molar-refractivity contribution in [3.63, 3.8) is 0 Å². The van der Waals surface area contributed by atoms with Gasteiger partial charge in [0.15, 0.2) is 0 Å². The fourth-order valence-corrected chi connectivity index (χ4v) is 1.89. The van der Waals surface area contributed by atoms with Crippen LogP contribution in [0.3, 0.4) is 0 Å². The van der Waals surface area contributed by atoms with Gasteiger partial charge < -0.3 is 10.2 Å². The van der Waals surface area contributed by atoms with Crippen molar-refractivity contribution < 1.29 is 10.2 Å². The van der Waals surface area contributed by atoms with E-state index >= 15 is 0 Å². The highest BCUT2D eigenvalue weighted by molar-refractivity contribution is 5.18. The molecule has 0 spiro atoms. The Labute approximate surface area is 79.6 Å². The van der Waals surface area contributed by atoms with E-state index in [-0.39, 0.29) is 11.8 Å². The first kappa shape index (κ1) is 10.5. The lowest BCUT2D eigenvalue weighted by molar-refractivity contribution is -0.0208. The van der Waals surface area contributed by atoms with Crippen LogP contribution in [0.4, 0.5) is 0 Å². The molecule has 1 fully saturated rings. The first-order valence-electron chi connectivity index (χ1n) is 4.75. The van der Waals surface area contributed by atoms with Crippen LogP contribution in [0.1, 0.15) is 20.3 Å². The molecule has 0 radical (unpaired) electrons. The van der Waals surface area contributed by atoms with Crippen LogP contribution < -0.4 is 0 Å². The maximum atomic E-state index is 9.78. The number of aliphatic hydroxyl groups is 2. The summed E-state index contributed by atoms with van der Waals surface area (Å²) < 4.78 is 0. The Morgan fingerprint density at radius 3 is 2.54 bits per heavy atom. The molecular weight excluding hydrogens is 164 g/mol. The van der Waals surface area contributed by atoms with Gasteiger partial charge in [0.25, 0.3) is 0 Å². The Bertz CT molecular complexity index is 220. The van der Waals surface area contributed by atoms with Crippen molar-refractivity contribution in [2.75, 3.05) is 0 Å². The highest BCUT2D eigenvalue weighted by atomic mass is 16.3. The van der Waals surface area contributed by atoms with E-state index in [2.05, 4.69) is 6.58 Å². The number of aliphatic hydroxyl groups excluding tert-OH is 2. The van der Waals surface area contributed by atoms with E-state index in [1.54, 1.807) is 6.08 Å². The van der Waals surface area contributed by atoms with Crippen molar-refractivity contribution in [1.29, 1.82) is 0 Å². The molecule has 74 valence electrons. The third kappa shape index (κ3) is 2.01. The number of rotatable bonds is 1. The summed E-state index contributed by atoms with van der Waals surface area (Å²) in [7, 11) is 0. The van der Waals surface area contributed by atoms with E-state index < -0.39 is 12.2 Å². The molecular formula is C11H18O2.